The normalized spacial score (nSPS) is 37.2. The molecule has 3 aliphatic rings. The van der Waals surface area contributed by atoms with Crippen molar-refractivity contribution in [2.75, 3.05) is 12.5 Å². The molecule has 3 heterocycles. The van der Waals surface area contributed by atoms with E-state index in [-0.39, 0.29) is 12.5 Å². The van der Waals surface area contributed by atoms with Gasteiger partial charge in [0.15, 0.2) is 12.0 Å². The quantitative estimate of drug-likeness (QED) is 0.742. The zero-order chi connectivity index (χ0) is 16.9. The molecule has 2 saturated heterocycles. The standard InChI is InChI=1S/C15H19ClN2O6/c16-7-14(8-19)11-10(22-15(23-11)4-1-2-5-15)12(24-14)18-6-3-9(20)17-13(18)21/h3,6,10-12,19H,1-2,4-5,7-8H2,(H,17,20,21)/t10-,11+,12-,14-/m1/s1. The molecule has 2 N–H and O–H groups in total. The van der Waals surface area contributed by atoms with Crippen molar-refractivity contribution in [3.8, 4) is 0 Å². The van der Waals surface area contributed by atoms with Gasteiger partial charge in [-0.05, 0) is 12.8 Å². The van der Waals surface area contributed by atoms with E-state index in [4.69, 9.17) is 25.8 Å². The number of fused-ring (bicyclic) bond motifs is 1. The number of aromatic amines is 1. The molecule has 4 atom stereocenters. The fourth-order valence-corrected chi connectivity index (χ4v) is 4.19. The van der Waals surface area contributed by atoms with Gasteiger partial charge in [-0.25, -0.2) is 4.79 Å². The van der Waals surface area contributed by atoms with Crippen molar-refractivity contribution in [2.24, 2.45) is 0 Å². The van der Waals surface area contributed by atoms with E-state index in [1.807, 2.05) is 0 Å². The van der Waals surface area contributed by atoms with Gasteiger partial charge in [0.1, 0.15) is 17.8 Å². The van der Waals surface area contributed by atoms with Crippen LogP contribution in [-0.2, 0) is 14.2 Å². The molecule has 1 spiro atoms. The average Bonchev–Trinajstić information content (AvgIpc) is 3.24. The van der Waals surface area contributed by atoms with Crippen LogP contribution in [0.3, 0.4) is 0 Å². The zero-order valence-corrected chi connectivity index (χ0v) is 13.7. The number of aliphatic hydroxyl groups is 1. The van der Waals surface area contributed by atoms with Crippen molar-refractivity contribution in [1.82, 2.24) is 9.55 Å². The Morgan fingerprint density at radius 2 is 2.04 bits per heavy atom. The summed E-state index contributed by atoms with van der Waals surface area (Å²) >= 11 is 6.08. The Balaban J connectivity index is 1.75. The number of ether oxygens (including phenoxy) is 3. The molecule has 0 aromatic carbocycles. The maximum absolute atomic E-state index is 12.2. The first kappa shape index (κ1) is 16.3. The Morgan fingerprint density at radius 1 is 1.29 bits per heavy atom. The highest BCUT2D eigenvalue weighted by molar-refractivity contribution is 6.18. The summed E-state index contributed by atoms with van der Waals surface area (Å²) in [6.07, 6.45) is 2.87. The third kappa shape index (κ3) is 2.28. The minimum atomic E-state index is -1.15. The van der Waals surface area contributed by atoms with Crippen molar-refractivity contribution in [3.05, 3.63) is 33.1 Å². The highest BCUT2D eigenvalue weighted by Gasteiger charge is 2.65. The van der Waals surface area contributed by atoms with Crippen LogP contribution in [0.15, 0.2) is 21.9 Å². The lowest BCUT2D eigenvalue weighted by molar-refractivity contribution is -0.235. The third-order valence-electron chi connectivity index (χ3n) is 5.13. The van der Waals surface area contributed by atoms with Gasteiger partial charge >= 0.3 is 5.69 Å². The van der Waals surface area contributed by atoms with E-state index in [0.717, 1.165) is 25.7 Å². The highest BCUT2D eigenvalue weighted by Crippen LogP contribution is 2.52. The van der Waals surface area contributed by atoms with Crippen LogP contribution < -0.4 is 11.2 Å². The summed E-state index contributed by atoms with van der Waals surface area (Å²) in [5, 5.41) is 9.88. The first-order chi connectivity index (χ1) is 11.5. The predicted octanol–water partition coefficient (Wildman–Crippen LogP) is 0.0896. The lowest BCUT2D eigenvalue weighted by atomic mass is 9.98. The molecule has 9 heteroatoms. The molecule has 0 bridgehead atoms. The number of hydrogen-bond acceptors (Lipinski definition) is 6. The van der Waals surface area contributed by atoms with Gasteiger partial charge in [-0.1, -0.05) is 0 Å². The van der Waals surface area contributed by atoms with Gasteiger partial charge in [0.25, 0.3) is 5.56 Å². The van der Waals surface area contributed by atoms with E-state index >= 15 is 0 Å². The van der Waals surface area contributed by atoms with Crippen molar-refractivity contribution in [1.29, 1.82) is 0 Å². The molecular formula is C15H19ClN2O6. The highest BCUT2D eigenvalue weighted by atomic mass is 35.5. The van der Waals surface area contributed by atoms with Crippen molar-refractivity contribution < 1.29 is 19.3 Å². The van der Waals surface area contributed by atoms with E-state index < -0.39 is 41.1 Å². The maximum atomic E-state index is 12.2. The Hall–Kier alpha value is -1.19. The number of nitrogens with zero attached hydrogens (tertiary/aromatic N) is 1. The van der Waals surface area contributed by atoms with E-state index in [0.29, 0.717) is 0 Å². The van der Waals surface area contributed by atoms with Gasteiger partial charge in [-0.3, -0.25) is 14.3 Å². The van der Waals surface area contributed by atoms with Crippen LogP contribution in [0.25, 0.3) is 0 Å². The number of H-pyrrole nitrogens is 1. The Morgan fingerprint density at radius 3 is 2.67 bits per heavy atom. The first-order valence-corrected chi connectivity index (χ1v) is 8.58. The summed E-state index contributed by atoms with van der Waals surface area (Å²) in [6.45, 7) is -0.355. The van der Waals surface area contributed by atoms with Crippen molar-refractivity contribution in [3.63, 3.8) is 0 Å². The zero-order valence-electron chi connectivity index (χ0n) is 12.9. The maximum Gasteiger partial charge on any atom is 0.330 e. The average molecular weight is 359 g/mol. The molecule has 0 unspecified atom stereocenters. The minimum absolute atomic E-state index is 0.00128. The molecule has 4 rings (SSSR count). The molecule has 2 aliphatic heterocycles. The monoisotopic (exact) mass is 358 g/mol. The number of nitrogens with one attached hydrogen (secondary N) is 1. The summed E-state index contributed by atoms with van der Waals surface area (Å²) in [5.41, 5.74) is -2.25. The SMILES string of the molecule is O=c1ccn([C@@H]2O[C@@](CO)(CCl)[C@H]3OC4(CCCC4)O[C@@H]23)c(=O)[nH]1. The summed E-state index contributed by atoms with van der Waals surface area (Å²) < 4.78 is 19.5. The van der Waals surface area contributed by atoms with E-state index in [2.05, 4.69) is 4.98 Å². The number of halogens is 1. The summed E-state index contributed by atoms with van der Waals surface area (Å²) in [5.74, 6) is -0.700. The Bertz CT molecular complexity index is 736. The molecule has 24 heavy (non-hydrogen) atoms. The number of aliphatic hydroxyl groups excluding tert-OH is 1. The number of alkyl halides is 1. The fraction of sp³-hybridized carbons (Fsp3) is 0.733. The smallest absolute Gasteiger partial charge is 0.330 e. The van der Waals surface area contributed by atoms with Gasteiger partial charge in [0, 0.05) is 25.1 Å². The van der Waals surface area contributed by atoms with Crippen LogP contribution in [0.2, 0.25) is 0 Å². The Labute approximate surface area is 142 Å². The molecule has 1 aliphatic carbocycles. The molecular weight excluding hydrogens is 340 g/mol. The van der Waals surface area contributed by atoms with Gasteiger partial charge in [-0.2, -0.15) is 0 Å². The van der Waals surface area contributed by atoms with Crippen LogP contribution in [0.4, 0.5) is 0 Å². The number of hydrogen-bond donors (Lipinski definition) is 2. The second-order valence-corrected chi connectivity index (χ2v) is 6.89. The van der Waals surface area contributed by atoms with Crippen LogP contribution in [-0.4, -0.2) is 50.7 Å². The lowest BCUT2D eigenvalue weighted by Gasteiger charge is -2.32. The summed E-state index contributed by atoms with van der Waals surface area (Å²) in [7, 11) is 0. The van der Waals surface area contributed by atoms with Gasteiger partial charge < -0.3 is 19.3 Å². The van der Waals surface area contributed by atoms with Crippen molar-refractivity contribution >= 4 is 11.6 Å². The fourth-order valence-electron chi connectivity index (χ4n) is 3.89. The second kappa shape index (κ2) is 5.67. The van der Waals surface area contributed by atoms with Crippen molar-refractivity contribution in [2.45, 2.75) is 55.5 Å². The molecule has 1 aromatic heterocycles. The number of aromatic nitrogens is 2. The molecule has 0 amide bonds. The van der Waals surface area contributed by atoms with Gasteiger partial charge in [0.05, 0.1) is 12.5 Å². The molecule has 0 radical (unpaired) electrons. The number of rotatable bonds is 3. The first-order valence-electron chi connectivity index (χ1n) is 8.04. The van der Waals surface area contributed by atoms with Crippen LogP contribution >= 0.6 is 11.6 Å². The van der Waals surface area contributed by atoms with Crippen LogP contribution in [0.5, 0.6) is 0 Å². The summed E-state index contributed by atoms with van der Waals surface area (Å²) in [4.78, 5) is 25.7. The lowest BCUT2D eigenvalue weighted by Crippen LogP contribution is -2.48. The molecule has 1 saturated carbocycles. The van der Waals surface area contributed by atoms with Crippen LogP contribution in [0, 0.1) is 0 Å². The molecule has 132 valence electrons. The molecule has 3 fully saturated rings. The summed E-state index contributed by atoms with van der Waals surface area (Å²) in [6, 6.07) is 1.24. The van der Waals surface area contributed by atoms with E-state index in [1.54, 1.807) is 0 Å². The van der Waals surface area contributed by atoms with E-state index in [9.17, 15) is 14.7 Å². The van der Waals surface area contributed by atoms with Crippen LogP contribution in [0.1, 0.15) is 31.9 Å². The second-order valence-electron chi connectivity index (χ2n) is 6.62. The van der Waals surface area contributed by atoms with E-state index in [1.165, 1.54) is 16.8 Å². The largest absolute Gasteiger partial charge is 0.393 e. The molecule has 1 aromatic rings. The Kier molecular flexibility index (Phi) is 3.85. The van der Waals surface area contributed by atoms with Gasteiger partial charge in [0.2, 0.25) is 0 Å². The third-order valence-corrected chi connectivity index (χ3v) is 5.58. The molecule has 8 nitrogen and oxygen atoms in total. The predicted molar refractivity (Wildman–Crippen MR) is 82.9 cm³/mol. The topological polar surface area (TPSA) is 103 Å². The minimum Gasteiger partial charge on any atom is -0.393 e. The van der Waals surface area contributed by atoms with Gasteiger partial charge in [-0.15, -0.1) is 11.6 Å².